The molecule has 0 aliphatic carbocycles. The SMILES string of the molecule is COc1ccc(NC(=O)c2c(-c3ccccc3F)noc2N2CCOCC2)cc1. The fourth-order valence-corrected chi connectivity index (χ4v) is 3.17. The molecule has 1 N–H and O–H groups in total. The molecule has 8 heteroatoms. The zero-order chi connectivity index (χ0) is 20.2. The Hall–Kier alpha value is -3.39. The van der Waals surface area contributed by atoms with Crippen molar-refractivity contribution in [2.45, 2.75) is 0 Å². The van der Waals surface area contributed by atoms with Gasteiger partial charge in [-0.2, -0.15) is 0 Å². The molecule has 0 unspecified atom stereocenters. The summed E-state index contributed by atoms with van der Waals surface area (Å²) >= 11 is 0. The molecular weight excluding hydrogens is 377 g/mol. The summed E-state index contributed by atoms with van der Waals surface area (Å²) in [6, 6.07) is 13.1. The second-order valence-electron chi connectivity index (χ2n) is 6.47. The van der Waals surface area contributed by atoms with E-state index < -0.39 is 11.7 Å². The van der Waals surface area contributed by atoms with Gasteiger partial charge < -0.3 is 24.2 Å². The topological polar surface area (TPSA) is 76.8 Å². The summed E-state index contributed by atoms with van der Waals surface area (Å²) in [7, 11) is 1.57. The van der Waals surface area contributed by atoms with Crippen molar-refractivity contribution in [3.63, 3.8) is 0 Å². The van der Waals surface area contributed by atoms with E-state index in [2.05, 4.69) is 10.5 Å². The molecule has 0 atom stereocenters. The Morgan fingerprint density at radius 3 is 2.55 bits per heavy atom. The Bertz CT molecular complexity index is 997. The van der Waals surface area contributed by atoms with E-state index in [9.17, 15) is 9.18 Å². The molecule has 0 radical (unpaired) electrons. The lowest BCUT2D eigenvalue weighted by Crippen LogP contribution is -2.37. The Labute approximate surface area is 167 Å². The molecule has 0 bridgehead atoms. The average molecular weight is 397 g/mol. The van der Waals surface area contributed by atoms with E-state index in [4.69, 9.17) is 14.0 Å². The summed E-state index contributed by atoms with van der Waals surface area (Å²) in [6.07, 6.45) is 0. The van der Waals surface area contributed by atoms with Crippen LogP contribution in [0.25, 0.3) is 11.3 Å². The largest absolute Gasteiger partial charge is 0.497 e. The number of ether oxygens (including phenoxy) is 2. The number of methoxy groups -OCH3 is 1. The van der Waals surface area contributed by atoms with E-state index in [-0.39, 0.29) is 16.8 Å². The van der Waals surface area contributed by atoms with Crippen LogP contribution in [0.5, 0.6) is 5.75 Å². The predicted molar refractivity (Wildman–Crippen MR) is 106 cm³/mol. The van der Waals surface area contributed by atoms with Gasteiger partial charge in [0.25, 0.3) is 5.91 Å². The number of nitrogens with zero attached hydrogens (tertiary/aromatic N) is 2. The highest BCUT2D eigenvalue weighted by atomic mass is 19.1. The minimum absolute atomic E-state index is 0.163. The third-order valence-electron chi connectivity index (χ3n) is 4.68. The number of anilines is 2. The fraction of sp³-hybridized carbons (Fsp3) is 0.238. The van der Waals surface area contributed by atoms with Crippen molar-refractivity contribution in [1.82, 2.24) is 5.16 Å². The molecule has 1 saturated heterocycles. The quantitative estimate of drug-likeness (QED) is 0.709. The van der Waals surface area contributed by atoms with E-state index >= 15 is 0 Å². The maximum Gasteiger partial charge on any atom is 0.263 e. The third kappa shape index (κ3) is 3.93. The third-order valence-corrected chi connectivity index (χ3v) is 4.68. The first kappa shape index (κ1) is 18.9. The van der Waals surface area contributed by atoms with Crippen molar-refractivity contribution in [2.75, 3.05) is 43.6 Å². The van der Waals surface area contributed by atoms with E-state index in [0.29, 0.717) is 43.6 Å². The van der Waals surface area contributed by atoms with Gasteiger partial charge in [-0.05, 0) is 36.4 Å². The molecule has 1 aliphatic heterocycles. The number of hydrogen-bond donors (Lipinski definition) is 1. The van der Waals surface area contributed by atoms with Gasteiger partial charge in [0.05, 0.1) is 20.3 Å². The van der Waals surface area contributed by atoms with Crippen LogP contribution < -0.4 is 15.0 Å². The first-order valence-electron chi connectivity index (χ1n) is 9.20. The Kier molecular flexibility index (Phi) is 5.44. The molecule has 150 valence electrons. The molecule has 1 amide bonds. The predicted octanol–water partition coefficient (Wildman–Crippen LogP) is 3.58. The van der Waals surface area contributed by atoms with Crippen LogP contribution in [0.15, 0.2) is 53.1 Å². The van der Waals surface area contributed by atoms with Gasteiger partial charge in [0.15, 0.2) is 0 Å². The molecule has 1 aromatic heterocycles. The number of amides is 1. The van der Waals surface area contributed by atoms with Crippen molar-refractivity contribution < 1.29 is 23.2 Å². The molecule has 0 spiro atoms. The number of aromatic nitrogens is 1. The second-order valence-corrected chi connectivity index (χ2v) is 6.47. The van der Waals surface area contributed by atoms with E-state index in [0.717, 1.165) is 0 Å². The minimum Gasteiger partial charge on any atom is -0.497 e. The number of morpholine rings is 1. The molecule has 1 fully saturated rings. The zero-order valence-corrected chi connectivity index (χ0v) is 15.9. The normalized spacial score (nSPS) is 13.9. The summed E-state index contributed by atoms with van der Waals surface area (Å²) < 4.78 is 30.4. The van der Waals surface area contributed by atoms with E-state index in [1.807, 2.05) is 4.90 Å². The van der Waals surface area contributed by atoms with Crippen molar-refractivity contribution >= 4 is 17.5 Å². The number of rotatable bonds is 5. The van der Waals surface area contributed by atoms with Gasteiger partial charge in [-0.25, -0.2) is 4.39 Å². The summed E-state index contributed by atoms with van der Waals surface area (Å²) in [5.41, 5.74) is 1.13. The highest BCUT2D eigenvalue weighted by Gasteiger charge is 2.30. The molecular formula is C21H20FN3O4. The fourth-order valence-electron chi connectivity index (χ4n) is 3.17. The van der Waals surface area contributed by atoms with Gasteiger partial charge in [-0.15, -0.1) is 0 Å². The Balaban J connectivity index is 1.72. The van der Waals surface area contributed by atoms with Crippen molar-refractivity contribution in [2.24, 2.45) is 0 Å². The monoisotopic (exact) mass is 397 g/mol. The maximum atomic E-state index is 14.4. The Morgan fingerprint density at radius 1 is 1.14 bits per heavy atom. The standard InChI is InChI=1S/C21H20FN3O4/c1-27-15-8-6-14(7-9-15)23-20(26)18-19(16-4-2-3-5-17(16)22)24-29-21(18)25-10-12-28-13-11-25/h2-9H,10-13H2,1H3,(H,23,26). The lowest BCUT2D eigenvalue weighted by molar-refractivity contribution is 0.102. The molecule has 3 aromatic rings. The van der Waals surface area contributed by atoms with Crippen LogP contribution >= 0.6 is 0 Å². The van der Waals surface area contributed by atoms with Gasteiger partial charge in [-0.3, -0.25) is 4.79 Å². The number of carbonyl (C=O) groups excluding carboxylic acids is 1. The van der Waals surface area contributed by atoms with E-state index in [1.54, 1.807) is 49.6 Å². The smallest absolute Gasteiger partial charge is 0.263 e. The van der Waals surface area contributed by atoms with Crippen LogP contribution in [0.3, 0.4) is 0 Å². The number of halogens is 1. The Morgan fingerprint density at radius 2 is 1.86 bits per heavy atom. The van der Waals surface area contributed by atoms with Crippen LogP contribution in [0, 0.1) is 5.82 Å². The van der Waals surface area contributed by atoms with Gasteiger partial charge in [0.1, 0.15) is 22.8 Å². The average Bonchev–Trinajstić information content (AvgIpc) is 3.20. The van der Waals surface area contributed by atoms with Crippen molar-refractivity contribution in [1.29, 1.82) is 0 Å². The van der Waals surface area contributed by atoms with Gasteiger partial charge in [-0.1, -0.05) is 17.3 Å². The van der Waals surface area contributed by atoms with Crippen LogP contribution in [-0.2, 0) is 4.74 Å². The van der Waals surface area contributed by atoms with Crippen molar-refractivity contribution in [3.05, 3.63) is 59.9 Å². The summed E-state index contributed by atoms with van der Waals surface area (Å²) in [5.74, 6) is 0.0654. The van der Waals surface area contributed by atoms with Gasteiger partial charge in [0.2, 0.25) is 5.88 Å². The molecule has 2 aromatic carbocycles. The summed E-state index contributed by atoms with van der Waals surface area (Å²) in [6.45, 7) is 2.12. The van der Waals surface area contributed by atoms with Gasteiger partial charge in [0, 0.05) is 24.3 Å². The summed E-state index contributed by atoms with van der Waals surface area (Å²) in [5, 5.41) is 6.86. The number of nitrogens with one attached hydrogen (secondary N) is 1. The maximum absolute atomic E-state index is 14.4. The molecule has 4 rings (SSSR count). The first-order valence-corrected chi connectivity index (χ1v) is 9.20. The van der Waals surface area contributed by atoms with Crippen LogP contribution in [0.2, 0.25) is 0 Å². The zero-order valence-electron chi connectivity index (χ0n) is 15.9. The second kappa shape index (κ2) is 8.32. The van der Waals surface area contributed by atoms with Crippen molar-refractivity contribution in [3.8, 4) is 17.0 Å². The van der Waals surface area contributed by atoms with Crippen LogP contribution in [0.4, 0.5) is 16.0 Å². The van der Waals surface area contributed by atoms with E-state index in [1.165, 1.54) is 6.07 Å². The minimum atomic E-state index is -0.479. The summed E-state index contributed by atoms with van der Waals surface area (Å²) in [4.78, 5) is 15.1. The number of benzene rings is 2. The molecule has 0 saturated carbocycles. The lowest BCUT2D eigenvalue weighted by Gasteiger charge is -2.26. The number of carbonyl (C=O) groups is 1. The number of hydrogen-bond acceptors (Lipinski definition) is 6. The van der Waals surface area contributed by atoms with Crippen LogP contribution in [-0.4, -0.2) is 44.5 Å². The molecule has 2 heterocycles. The molecule has 1 aliphatic rings. The molecule has 29 heavy (non-hydrogen) atoms. The van der Waals surface area contributed by atoms with Crippen LogP contribution in [0.1, 0.15) is 10.4 Å². The highest BCUT2D eigenvalue weighted by molar-refractivity contribution is 6.11. The first-order chi connectivity index (χ1) is 14.2. The molecule has 7 nitrogen and oxygen atoms in total. The van der Waals surface area contributed by atoms with Gasteiger partial charge >= 0.3 is 0 Å². The lowest BCUT2D eigenvalue weighted by atomic mass is 10.1. The highest BCUT2D eigenvalue weighted by Crippen LogP contribution is 2.33.